The second-order valence-corrected chi connectivity index (χ2v) is 6.97. The van der Waals surface area contributed by atoms with Gasteiger partial charge in [-0.2, -0.15) is 5.10 Å². The first-order chi connectivity index (χ1) is 10.9. The first-order valence-corrected chi connectivity index (χ1v) is 8.34. The second-order valence-electron chi connectivity index (χ2n) is 6.56. The molecule has 1 aromatic carbocycles. The molecule has 5 heteroatoms. The number of benzene rings is 1. The van der Waals surface area contributed by atoms with Gasteiger partial charge in [0.05, 0.1) is 18.8 Å². The zero-order valence-electron chi connectivity index (χ0n) is 14.4. The van der Waals surface area contributed by atoms with Crippen LogP contribution in [0.5, 0.6) is 0 Å². The minimum atomic E-state index is -0.0543. The first-order valence-electron chi connectivity index (χ1n) is 7.96. The van der Waals surface area contributed by atoms with Crippen molar-refractivity contribution in [3.05, 3.63) is 51.8 Å². The largest absolute Gasteiger partial charge is 0.394 e. The van der Waals surface area contributed by atoms with Crippen LogP contribution in [0, 0.1) is 13.8 Å². The zero-order valence-corrected chi connectivity index (χ0v) is 15.1. The number of nitrogens with one attached hydrogen (secondary N) is 1. The molecule has 0 bridgehead atoms. The maximum Gasteiger partial charge on any atom is 0.0644 e. The number of rotatable bonds is 7. The molecule has 0 spiro atoms. The summed E-state index contributed by atoms with van der Waals surface area (Å²) in [5.74, 6) is 0. The van der Waals surface area contributed by atoms with E-state index in [-0.39, 0.29) is 12.0 Å². The molecule has 2 aromatic rings. The molecule has 0 aliphatic heterocycles. The minimum Gasteiger partial charge on any atom is -0.394 e. The van der Waals surface area contributed by atoms with Crippen LogP contribution in [0.2, 0.25) is 5.02 Å². The smallest absolute Gasteiger partial charge is 0.0644 e. The van der Waals surface area contributed by atoms with E-state index in [0.29, 0.717) is 6.54 Å². The Morgan fingerprint density at radius 3 is 2.61 bits per heavy atom. The van der Waals surface area contributed by atoms with E-state index < -0.39 is 0 Å². The third-order valence-electron chi connectivity index (χ3n) is 4.31. The average molecular weight is 336 g/mol. The highest BCUT2D eigenvalue weighted by molar-refractivity contribution is 6.31. The average Bonchev–Trinajstić information content (AvgIpc) is 2.75. The lowest BCUT2D eigenvalue weighted by molar-refractivity contribution is 0.267. The third kappa shape index (κ3) is 4.14. The molecule has 23 heavy (non-hydrogen) atoms. The molecule has 0 saturated carbocycles. The Morgan fingerprint density at radius 2 is 1.96 bits per heavy atom. The Kier molecular flexibility index (Phi) is 5.84. The van der Waals surface area contributed by atoms with Gasteiger partial charge in [-0.25, -0.2) is 0 Å². The van der Waals surface area contributed by atoms with Gasteiger partial charge in [-0.05, 0) is 25.5 Å². The monoisotopic (exact) mass is 335 g/mol. The SMILES string of the molecule is Cc1nn(CCO)c(C)c1CNCC(C)(C)c1ccccc1Cl. The van der Waals surface area contributed by atoms with Crippen molar-refractivity contribution >= 4 is 11.6 Å². The fraction of sp³-hybridized carbons (Fsp3) is 0.500. The van der Waals surface area contributed by atoms with Crippen molar-refractivity contribution in [2.24, 2.45) is 0 Å². The lowest BCUT2D eigenvalue weighted by Gasteiger charge is -2.27. The highest BCUT2D eigenvalue weighted by Crippen LogP contribution is 2.29. The topological polar surface area (TPSA) is 50.1 Å². The van der Waals surface area contributed by atoms with E-state index in [9.17, 15) is 0 Å². The molecule has 0 saturated heterocycles. The van der Waals surface area contributed by atoms with Crippen LogP contribution in [0.15, 0.2) is 24.3 Å². The summed E-state index contributed by atoms with van der Waals surface area (Å²) in [6, 6.07) is 8.00. The summed E-state index contributed by atoms with van der Waals surface area (Å²) in [4.78, 5) is 0. The van der Waals surface area contributed by atoms with Crippen LogP contribution in [0.1, 0.15) is 36.4 Å². The van der Waals surface area contributed by atoms with E-state index in [4.69, 9.17) is 16.7 Å². The Balaban J connectivity index is 2.04. The predicted molar refractivity (Wildman–Crippen MR) is 95.0 cm³/mol. The molecule has 4 nitrogen and oxygen atoms in total. The molecule has 1 heterocycles. The number of aliphatic hydroxyl groups excluding tert-OH is 1. The molecule has 0 aliphatic carbocycles. The summed E-state index contributed by atoms with van der Waals surface area (Å²) in [6.07, 6.45) is 0. The van der Waals surface area contributed by atoms with E-state index in [2.05, 4.69) is 30.3 Å². The van der Waals surface area contributed by atoms with Gasteiger partial charge >= 0.3 is 0 Å². The van der Waals surface area contributed by atoms with E-state index in [1.54, 1.807) is 0 Å². The molecule has 1 aromatic heterocycles. The van der Waals surface area contributed by atoms with Crippen molar-refractivity contribution in [1.82, 2.24) is 15.1 Å². The molecule has 126 valence electrons. The zero-order chi connectivity index (χ0) is 17.0. The molecule has 2 rings (SSSR count). The van der Waals surface area contributed by atoms with Crippen molar-refractivity contribution in [3.8, 4) is 0 Å². The van der Waals surface area contributed by atoms with Crippen LogP contribution >= 0.6 is 11.6 Å². The molecular formula is C18H26ClN3O. The lowest BCUT2D eigenvalue weighted by atomic mass is 9.84. The van der Waals surface area contributed by atoms with Crippen molar-refractivity contribution in [2.45, 2.75) is 46.2 Å². The van der Waals surface area contributed by atoms with Gasteiger partial charge in [-0.3, -0.25) is 4.68 Å². The normalized spacial score (nSPS) is 11.9. The summed E-state index contributed by atoms with van der Waals surface area (Å²) in [7, 11) is 0. The van der Waals surface area contributed by atoms with Crippen molar-refractivity contribution in [1.29, 1.82) is 0 Å². The van der Waals surface area contributed by atoms with Gasteiger partial charge in [0.1, 0.15) is 0 Å². The van der Waals surface area contributed by atoms with Gasteiger partial charge in [0.25, 0.3) is 0 Å². The van der Waals surface area contributed by atoms with Crippen molar-refractivity contribution in [2.75, 3.05) is 13.2 Å². The van der Waals surface area contributed by atoms with Gasteiger partial charge in [0.15, 0.2) is 0 Å². The fourth-order valence-corrected chi connectivity index (χ4v) is 3.30. The van der Waals surface area contributed by atoms with E-state index in [0.717, 1.165) is 35.1 Å². The molecule has 0 unspecified atom stereocenters. The molecule has 0 atom stereocenters. The maximum atomic E-state index is 9.09. The maximum absolute atomic E-state index is 9.09. The molecule has 0 aliphatic rings. The van der Waals surface area contributed by atoms with Crippen LogP contribution in [-0.2, 0) is 18.5 Å². The van der Waals surface area contributed by atoms with Crippen molar-refractivity contribution in [3.63, 3.8) is 0 Å². The quantitative estimate of drug-likeness (QED) is 0.817. The standard InChI is InChI=1S/C18H26ClN3O/c1-13-15(14(2)22(21-13)9-10-23)11-20-12-18(3,4)16-7-5-6-8-17(16)19/h5-8,20,23H,9-12H2,1-4H3. The number of hydrogen-bond acceptors (Lipinski definition) is 3. The summed E-state index contributed by atoms with van der Waals surface area (Å²) in [5.41, 5.74) is 4.42. The molecule has 0 amide bonds. The Labute approximate surface area is 143 Å². The Morgan fingerprint density at radius 1 is 1.26 bits per heavy atom. The summed E-state index contributed by atoms with van der Waals surface area (Å²) in [5, 5.41) is 17.9. The Bertz CT molecular complexity index is 664. The summed E-state index contributed by atoms with van der Waals surface area (Å²) < 4.78 is 1.87. The van der Waals surface area contributed by atoms with Gasteiger partial charge < -0.3 is 10.4 Å². The van der Waals surface area contributed by atoms with E-state index in [1.807, 2.05) is 36.7 Å². The number of aromatic nitrogens is 2. The number of hydrogen-bond donors (Lipinski definition) is 2. The Hall–Kier alpha value is -1.36. The predicted octanol–water partition coefficient (Wildman–Crippen LogP) is 3.21. The highest BCUT2D eigenvalue weighted by atomic mass is 35.5. The number of aliphatic hydroxyl groups is 1. The number of nitrogens with zero attached hydrogens (tertiary/aromatic N) is 2. The van der Waals surface area contributed by atoms with Gasteiger partial charge in [-0.1, -0.05) is 43.6 Å². The lowest BCUT2D eigenvalue weighted by Crippen LogP contribution is -2.33. The number of halogens is 1. The van der Waals surface area contributed by atoms with Crippen molar-refractivity contribution < 1.29 is 5.11 Å². The van der Waals surface area contributed by atoms with E-state index >= 15 is 0 Å². The first kappa shape index (κ1) is 18.0. The second kappa shape index (κ2) is 7.47. The van der Waals surface area contributed by atoms with Crippen LogP contribution < -0.4 is 5.32 Å². The van der Waals surface area contributed by atoms with Crippen LogP contribution in [0.25, 0.3) is 0 Å². The fourth-order valence-electron chi connectivity index (χ4n) is 2.91. The highest BCUT2D eigenvalue weighted by Gasteiger charge is 2.23. The summed E-state index contributed by atoms with van der Waals surface area (Å²) in [6.45, 7) is 10.7. The molecular weight excluding hydrogens is 310 g/mol. The molecule has 2 N–H and O–H groups in total. The van der Waals surface area contributed by atoms with Crippen LogP contribution in [0.3, 0.4) is 0 Å². The summed E-state index contributed by atoms with van der Waals surface area (Å²) >= 11 is 6.33. The molecule has 0 fully saturated rings. The molecule has 0 radical (unpaired) electrons. The van der Waals surface area contributed by atoms with Gasteiger partial charge in [0.2, 0.25) is 0 Å². The minimum absolute atomic E-state index is 0.0543. The van der Waals surface area contributed by atoms with Gasteiger partial charge in [0, 0.05) is 34.8 Å². The van der Waals surface area contributed by atoms with Gasteiger partial charge in [-0.15, -0.1) is 0 Å². The van der Waals surface area contributed by atoms with Crippen LogP contribution in [-0.4, -0.2) is 28.0 Å². The van der Waals surface area contributed by atoms with E-state index in [1.165, 1.54) is 5.56 Å². The third-order valence-corrected chi connectivity index (χ3v) is 4.64. The number of aryl methyl sites for hydroxylation is 1. The van der Waals surface area contributed by atoms with Crippen LogP contribution in [0.4, 0.5) is 0 Å².